The molecule has 0 aliphatic rings. The molecular formula is C15H19N3O2S. The van der Waals surface area contributed by atoms with Crippen LogP contribution in [0.25, 0.3) is 0 Å². The SMILES string of the molecule is C[C@H](Oc1ccccc1)C(=O)Nc1nnc(C(C)(C)C)s1. The molecule has 1 amide bonds. The summed E-state index contributed by atoms with van der Waals surface area (Å²) in [6.07, 6.45) is -0.602. The number of hydrogen-bond acceptors (Lipinski definition) is 5. The number of carbonyl (C=O) groups is 1. The van der Waals surface area contributed by atoms with E-state index >= 15 is 0 Å². The third-order valence-corrected chi connectivity index (χ3v) is 3.99. The first kappa shape index (κ1) is 15.4. The summed E-state index contributed by atoms with van der Waals surface area (Å²) >= 11 is 1.38. The minimum Gasteiger partial charge on any atom is -0.481 e. The average Bonchev–Trinajstić information content (AvgIpc) is 2.88. The van der Waals surface area contributed by atoms with Gasteiger partial charge in [0.05, 0.1) is 0 Å². The highest BCUT2D eigenvalue weighted by Gasteiger charge is 2.21. The third-order valence-electron chi connectivity index (χ3n) is 2.72. The molecule has 0 saturated carbocycles. The van der Waals surface area contributed by atoms with Crippen LogP contribution in [0.2, 0.25) is 0 Å². The number of carbonyl (C=O) groups excluding carboxylic acids is 1. The maximum absolute atomic E-state index is 12.1. The molecule has 6 heteroatoms. The van der Waals surface area contributed by atoms with Crippen LogP contribution in [0.1, 0.15) is 32.7 Å². The van der Waals surface area contributed by atoms with Gasteiger partial charge in [-0.2, -0.15) is 0 Å². The Labute approximate surface area is 128 Å². The first-order chi connectivity index (χ1) is 9.86. The lowest BCUT2D eigenvalue weighted by Crippen LogP contribution is -2.30. The molecule has 1 aromatic carbocycles. The summed E-state index contributed by atoms with van der Waals surface area (Å²) in [6.45, 7) is 7.87. The molecule has 1 heterocycles. The molecule has 2 rings (SSSR count). The fourth-order valence-corrected chi connectivity index (χ4v) is 2.34. The molecule has 0 fully saturated rings. The molecule has 0 unspecified atom stereocenters. The number of nitrogens with zero attached hydrogens (tertiary/aromatic N) is 2. The van der Waals surface area contributed by atoms with Crippen LogP contribution in [0.15, 0.2) is 30.3 Å². The molecule has 0 aliphatic heterocycles. The van der Waals surface area contributed by atoms with E-state index in [9.17, 15) is 4.79 Å². The summed E-state index contributed by atoms with van der Waals surface area (Å²) in [6, 6.07) is 9.24. The van der Waals surface area contributed by atoms with Crippen LogP contribution in [0, 0.1) is 0 Å². The number of anilines is 1. The smallest absolute Gasteiger partial charge is 0.266 e. The average molecular weight is 305 g/mol. The lowest BCUT2D eigenvalue weighted by Gasteiger charge is -2.13. The summed E-state index contributed by atoms with van der Waals surface area (Å²) < 4.78 is 5.57. The van der Waals surface area contributed by atoms with Gasteiger partial charge in [0.25, 0.3) is 5.91 Å². The van der Waals surface area contributed by atoms with E-state index in [1.54, 1.807) is 6.92 Å². The van der Waals surface area contributed by atoms with Crippen LogP contribution in [-0.2, 0) is 10.2 Å². The number of aromatic nitrogens is 2. The Bertz CT molecular complexity index is 605. The summed E-state index contributed by atoms with van der Waals surface area (Å²) in [5.41, 5.74) is -0.0766. The zero-order valence-electron chi connectivity index (χ0n) is 12.6. The molecule has 0 bridgehead atoms. The number of ether oxygens (including phenoxy) is 1. The van der Waals surface area contributed by atoms with Gasteiger partial charge >= 0.3 is 0 Å². The van der Waals surface area contributed by atoms with Crippen molar-refractivity contribution in [2.75, 3.05) is 5.32 Å². The molecule has 0 radical (unpaired) electrons. The van der Waals surface area contributed by atoms with Gasteiger partial charge in [-0.1, -0.05) is 50.3 Å². The van der Waals surface area contributed by atoms with Crippen LogP contribution < -0.4 is 10.1 Å². The molecule has 112 valence electrons. The van der Waals surface area contributed by atoms with Crippen molar-refractivity contribution in [1.82, 2.24) is 10.2 Å². The highest BCUT2D eigenvalue weighted by Crippen LogP contribution is 2.27. The number of benzene rings is 1. The number of para-hydroxylation sites is 1. The van der Waals surface area contributed by atoms with E-state index < -0.39 is 6.10 Å². The van der Waals surface area contributed by atoms with E-state index in [0.29, 0.717) is 10.9 Å². The Morgan fingerprint density at radius 1 is 1.24 bits per heavy atom. The van der Waals surface area contributed by atoms with Crippen LogP contribution in [0.4, 0.5) is 5.13 Å². The highest BCUT2D eigenvalue weighted by atomic mass is 32.1. The molecule has 5 nitrogen and oxygen atoms in total. The fraction of sp³-hybridized carbons (Fsp3) is 0.400. The van der Waals surface area contributed by atoms with Crippen molar-refractivity contribution in [3.63, 3.8) is 0 Å². The van der Waals surface area contributed by atoms with Crippen molar-refractivity contribution in [2.24, 2.45) is 0 Å². The van der Waals surface area contributed by atoms with Crippen molar-refractivity contribution in [3.8, 4) is 5.75 Å². The van der Waals surface area contributed by atoms with Gasteiger partial charge in [0.1, 0.15) is 10.8 Å². The number of nitrogens with one attached hydrogen (secondary N) is 1. The zero-order chi connectivity index (χ0) is 15.5. The summed E-state index contributed by atoms with van der Waals surface area (Å²) in [7, 11) is 0. The van der Waals surface area contributed by atoms with Gasteiger partial charge in [-0.3, -0.25) is 10.1 Å². The minimum absolute atomic E-state index is 0.0766. The maximum Gasteiger partial charge on any atom is 0.266 e. The highest BCUT2D eigenvalue weighted by molar-refractivity contribution is 7.15. The van der Waals surface area contributed by atoms with Crippen LogP contribution in [0.5, 0.6) is 5.75 Å². The monoisotopic (exact) mass is 305 g/mol. The molecule has 0 spiro atoms. The Morgan fingerprint density at radius 2 is 1.90 bits per heavy atom. The largest absolute Gasteiger partial charge is 0.481 e. The Morgan fingerprint density at radius 3 is 2.48 bits per heavy atom. The van der Waals surface area contributed by atoms with Crippen LogP contribution >= 0.6 is 11.3 Å². The first-order valence-corrected chi connectivity index (χ1v) is 7.54. The van der Waals surface area contributed by atoms with Crippen molar-refractivity contribution in [2.45, 2.75) is 39.2 Å². The van der Waals surface area contributed by atoms with Crippen LogP contribution in [0.3, 0.4) is 0 Å². The minimum atomic E-state index is -0.602. The topological polar surface area (TPSA) is 64.1 Å². The second kappa shape index (κ2) is 6.22. The van der Waals surface area contributed by atoms with E-state index in [1.165, 1.54) is 11.3 Å². The summed E-state index contributed by atoms with van der Waals surface area (Å²) in [4.78, 5) is 12.1. The second-order valence-corrected chi connectivity index (χ2v) is 6.70. The Balaban J connectivity index is 1.96. The van der Waals surface area contributed by atoms with Gasteiger partial charge in [0.2, 0.25) is 5.13 Å². The van der Waals surface area contributed by atoms with Gasteiger partial charge in [0.15, 0.2) is 6.10 Å². The molecule has 0 aliphatic carbocycles. The third kappa shape index (κ3) is 4.26. The van der Waals surface area contributed by atoms with E-state index in [-0.39, 0.29) is 11.3 Å². The molecule has 21 heavy (non-hydrogen) atoms. The first-order valence-electron chi connectivity index (χ1n) is 6.73. The van der Waals surface area contributed by atoms with Gasteiger partial charge in [-0.15, -0.1) is 10.2 Å². The number of rotatable bonds is 4. The predicted molar refractivity (Wildman–Crippen MR) is 83.8 cm³/mol. The van der Waals surface area contributed by atoms with E-state index in [1.807, 2.05) is 30.3 Å². The molecular weight excluding hydrogens is 286 g/mol. The van der Waals surface area contributed by atoms with Crippen molar-refractivity contribution >= 4 is 22.4 Å². The Hall–Kier alpha value is -1.95. The lowest BCUT2D eigenvalue weighted by molar-refractivity contribution is -0.122. The molecule has 1 aromatic heterocycles. The summed E-state index contributed by atoms with van der Waals surface area (Å²) in [5.74, 6) is 0.420. The van der Waals surface area contributed by atoms with E-state index in [0.717, 1.165) is 5.01 Å². The van der Waals surface area contributed by atoms with Gasteiger partial charge in [-0.25, -0.2) is 0 Å². The van der Waals surface area contributed by atoms with E-state index in [4.69, 9.17) is 4.74 Å². The lowest BCUT2D eigenvalue weighted by atomic mass is 9.98. The standard InChI is InChI=1S/C15H19N3O2S/c1-10(20-11-8-6-5-7-9-11)12(19)16-14-18-17-13(21-14)15(2,3)4/h5-10H,1-4H3,(H,16,18,19)/t10-/m0/s1. The second-order valence-electron chi connectivity index (χ2n) is 5.72. The number of hydrogen-bond donors (Lipinski definition) is 1. The maximum atomic E-state index is 12.1. The van der Waals surface area contributed by atoms with Crippen molar-refractivity contribution in [3.05, 3.63) is 35.3 Å². The molecule has 2 aromatic rings. The fourth-order valence-electron chi connectivity index (χ4n) is 1.54. The van der Waals surface area contributed by atoms with Gasteiger partial charge in [0, 0.05) is 5.41 Å². The normalized spacial score (nSPS) is 12.8. The van der Waals surface area contributed by atoms with Crippen molar-refractivity contribution < 1.29 is 9.53 Å². The molecule has 1 N–H and O–H groups in total. The predicted octanol–water partition coefficient (Wildman–Crippen LogP) is 3.24. The molecule has 1 atom stereocenters. The quantitative estimate of drug-likeness (QED) is 0.942. The number of amides is 1. The Kier molecular flexibility index (Phi) is 4.57. The van der Waals surface area contributed by atoms with Crippen molar-refractivity contribution in [1.29, 1.82) is 0 Å². The molecule has 0 saturated heterocycles. The summed E-state index contributed by atoms with van der Waals surface area (Å²) in [5, 5.41) is 12.2. The zero-order valence-corrected chi connectivity index (χ0v) is 13.4. The van der Waals surface area contributed by atoms with Gasteiger partial charge < -0.3 is 4.74 Å². The van der Waals surface area contributed by atoms with E-state index in [2.05, 4.69) is 36.3 Å². The van der Waals surface area contributed by atoms with Crippen LogP contribution in [-0.4, -0.2) is 22.2 Å². The van der Waals surface area contributed by atoms with Gasteiger partial charge in [-0.05, 0) is 19.1 Å².